The molecule has 5 heteroatoms. The molecule has 162 valence electrons. The Morgan fingerprint density at radius 3 is 2.28 bits per heavy atom. The molecule has 1 fully saturated rings. The van der Waals surface area contributed by atoms with Crippen molar-refractivity contribution in [2.45, 2.75) is 43.9 Å². The lowest BCUT2D eigenvalue weighted by atomic mass is 9.90. The molecule has 1 heterocycles. The summed E-state index contributed by atoms with van der Waals surface area (Å²) < 4.78 is 29.2. The Morgan fingerprint density at radius 2 is 1.62 bits per heavy atom. The average Bonchev–Trinajstić information content (AvgIpc) is 3.38. The van der Waals surface area contributed by atoms with E-state index in [-0.39, 0.29) is 16.6 Å². The maximum absolute atomic E-state index is 13.9. The highest BCUT2D eigenvalue weighted by molar-refractivity contribution is 7.90. The van der Waals surface area contributed by atoms with E-state index in [0.717, 1.165) is 40.5 Å². The third kappa shape index (κ3) is 3.28. The molecule has 0 spiro atoms. The van der Waals surface area contributed by atoms with Crippen molar-refractivity contribution >= 4 is 26.7 Å². The molecule has 0 saturated heterocycles. The van der Waals surface area contributed by atoms with Crippen molar-refractivity contribution in [3.8, 4) is 11.3 Å². The lowest BCUT2D eigenvalue weighted by Gasteiger charge is -2.15. The molecule has 0 amide bonds. The molecule has 3 aromatic carbocycles. The van der Waals surface area contributed by atoms with Gasteiger partial charge in [-0.3, -0.25) is 4.79 Å². The Morgan fingerprint density at radius 1 is 0.906 bits per heavy atom. The molecule has 0 bridgehead atoms. The van der Waals surface area contributed by atoms with E-state index in [1.807, 2.05) is 74.5 Å². The van der Waals surface area contributed by atoms with Crippen LogP contribution in [-0.4, -0.2) is 18.2 Å². The van der Waals surface area contributed by atoms with Gasteiger partial charge in [-0.05, 0) is 67.6 Å². The van der Waals surface area contributed by atoms with Gasteiger partial charge in [-0.25, -0.2) is 12.4 Å². The molecule has 5 rings (SSSR count). The molecule has 32 heavy (non-hydrogen) atoms. The van der Waals surface area contributed by atoms with E-state index in [2.05, 4.69) is 0 Å². The average molecular weight is 444 g/mol. The first kappa shape index (κ1) is 20.7. The first-order valence-electron chi connectivity index (χ1n) is 10.9. The standard InChI is InChI=1S/C27H25NO3S/c1-18-11-14-21(15-12-18)32(30,31)28-24-16-13-19(2)27(22-9-6-10-26(22)29)23(24)17-25(28)20-7-4-3-5-8-20/h3-5,7-8,11-17,22H,6,9-10H2,1-2H3. The number of fused-ring (bicyclic) bond motifs is 1. The summed E-state index contributed by atoms with van der Waals surface area (Å²) in [4.78, 5) is 12.9. The zero-order valence-corrected chi connectivity index (χ0v) is 19.0. The van der Waals surface area contributed by atoms with Crippen LogP contribution in [0.3, 0.4) is 0 Å². The van der Waals surface area contributed by atoms with Gasteiger partial charge >= 0.3 is 0 Å². The van der Waals surface area contributed by atoms with Crippen molar-refractivity contribution in [1.29, 1.82) is 0 Å². The molecule has 1 atom stereocenters. The van der Waals surface area contributed by atoms with Gasteiger partial charge < -0.3 is 0 Å². The SMILES string of the molecule is Cc1ccc(S(=O)(=O)n2c(-c3ccccc3)cc3c(C4CCCC4=O)c(C)ccc32)cc1. The molecule has 0 aliphatic heterocycles. The molecular weight excluding hydrogens is 418 g/mol. The summed E-state index contributed by atoms with van der Waals surface area (Å²) >= 11 is 0. The van der Waals surface area contributed by atoms with E-state index < -0.39 is 10.0 Å². The quantitative estimate of drug-likeness (QED) is 0.389. The zero-order chi connectivity index (χ0) is 22.5. The second kappa shape index (κ2) is 7.75. The highest BCUT2D eigenvalue weighted by atomic mass is 32.2. The number of hydrogen-bond acceptors (Lipinski definition) is 3. The number of ketones is 1. The van der Waals surface area contributed by atoms with Crippen LogP contribution in [0.25, 0.3) is 22.2 Å². The molecule has 1 unspecified atom stereocenters. The van der Waals surface area contributed by atoms with Gasteiger partial charge in [0.1, 0.15) is 5.78 Å². The summed E-state index contributed by atoms with van der Waals surface area (Å²) in [7, 11) is -3.85. The molecule has 1 saturated carbocycles. The summed E-state index contributed by atoms with van der Waals surface area (Å²) in [5.74, 6) is 0.0799. The van der Waals surface area contributed by atoms with E-state index in [4.69, 9.17) is 0 Å². The van der Waals surface area contributed by atoms with E-state index in [9.17, 15) is 13.2 Å². The van der Waals surface area contributed by atoms with Gasteiger partial charge in [-0.2, -0.15) is 0 Å². The van der Waals surface area contributed by atoms with Gasteiger partial charge in [0.05, 0.1) is 16.1 Å². The van der Waals surface area contributed by atoms with Gasteiger partial charge in [-0.1, -0.05) is 54.1 Å². The number of aryl methyl sites for hydroxylation is 2. The maximum Gasteiger partial charge on any atom is 0.268 e. The Labute approximate surface area is 188 Å². The van der Waals surface area contributed by atoms with Crippen LogP contribution in [0.15, 0.2) is 77.7 Å². The van der Waals surface area contributed by atoms with Crippen LogP contribution in [-0.2, 0) is 14.8 Å². The number of benzene rings is 3. The fourth-order valence-electron chi connectivity index (χ4n) is 4.86. The first-order chi connectivity index (χ1) is 15.4. The molecule has 4 nitrogen and oxygen atoms in total. The number of hydrogen-bond donors (Lipinski definition) is 0. The lowest BCUT2D eigenvalue weighted by molar-refractivity contribution is -0.118. The van der Waals surface area contributed by atoms with Crippen LogP contribution in [0, 0.1) is 13.8 Å². The second-order valence-electron chi connectivity index (χ2n) is 8.62. The van der Waals surface area contributed by atoms with E-state index in [0.29, 0.717) is 17.6 Å². The third-order valence-corrected chi connectivity index (χ3v) is 8.22. The number of aromatic nitrogens is 1. The molecule has 4 aromatic rings. The number of Topliss-reactive ketones (excluding diaryl/α,β-unsaturated/α-hetero) is 1. The van der Waals surface area contributed by atoms with Crippen molar-refractivity contribution in [3.05, 3.63) is 89.5 Å². The largest absolute Gasteiger partial charge is 0.299 e. The Hall–Kier alpha value is -3.18. The number of rotatable bonds is 4. The number of carbonyl (C=O) groups is 1. The molecule has 1 aliphatic carbocycles. The number of carbonyl (C=O) groups excluding carboxylic acids is 1. The Balaban J connectivity index is 1.85. The molecule has 1 aromatic heterocycles. The minimum absolute atomic E-state index is 0.166. The van der Waals surface area contributed by atoms with Gasteiger partial charge in [-0.15, -0.1) is 0 Å². The van der Waals surface area contributed by atoms with Crippen LogP contribution in [0.2, 0.25) is 0 Å². The van der Waals surface area contributed by atoms with Crippen molar-refractivity contribution in [2.24, 2.45) is 0 Å². The zero-order valence-electron chi connectivity index (χ0n) is 18.2. The van der Waals surface area contributed by atoms with Crippen LogP contribution in [0.5, 0.6) is 0 Å². The van der Waals surface area contributed by atoms with Crippen molar-refractivity contribution in [2.75, 3.05) is 0 Å². The third-order valence-electron chi connectivity index (χ3n) is 6.48. The number of nitrogens with zero attached hydrogens (tertiary/aromatic N) is 1. The van der Waals surface area contributed by atoms with Crippen molar-refractivity contribution < 1.29 is 13.2 Å². The lowest BCUT2D eigenvalue weighted by Crippen LogP contribution is -2.14. The topological polar surface area (TPSA) is 56.1 Å². The van der Waals surface area contributed by atoms with Crippen molar-refractivity contribution in [1.82, 2.24) is 3.97 Å². The maximum atomic E-state index is 13.9. The van der Waals surface area contributed by atoms with Crippen molar-refractivity contribution in [3.63, 3.8) is 0 Å². The summed E-state index contributed by atoms with van der Waals surface area (Å²) in [5.41, 5.74) is 5.05. The van der Waals surface area contributed by atoms with Gasteiger partial charge in [0.2, 0.25) is 0 Å². The van der Waals surface area contributed by atoms with Crippen LogP contribution < -0.4 is 0 Å². The van der Waals surface area contributed by atoms with Gasteiger partial charge in [0.25, 0.3) is 10.0 Å². The molecule has 0 N–H and O–H groups in total. The first-order valence-corrected chi connectivity index (χ1v) is 12.4. The fourth-order valence-corrected chi connectivity index (χ4v) is 6.38. The fraction of sp³-hybridized carbons (Fsp3) is 0.222. The summed E-state index contributed by atoms with van der Waals surface area (Å²) in [5, 5.41) is 0.847. The van der Waals surface area contributed by atoms with Crippen LogP contribution >= 0.6 is 0 Å². The summed E-state index contributed by atoms with van der Waals surface area (Å²) in [6.45, 7) is 3.94. The van der Waals surface area contributed by atoms with Crippen LogP contribution in [0.1, 0.15) is 41.9 Å². The highest BCUT2D eigenvalue weighted by Crippen LogP contribution is 2.41. The smallest absolute Gasteiger partial charge is 0.268 e. The normalized spacial score (nSPS) is 16.7. The molecular formula is C27H25NO3S. The van der Waals surface area contributed by atoms with E-state index in [1.165, 1.54) is 3.97 Å². The van der Waals surface area contributed by atoms with Crippen LogP contribution in [0.4, 0.5) is 0 Å². The predicted octanol–water partition coefficient (Wildman–Crippen LogP) is 6.00. The minimum atomic E-state index is -3.85. The molecule has 1 aliphatic rings. The Kier molecular flexibility index (Phi) is 5.01. The van der Waals surface area contributed by atoms with E-state index in [1.54, 1.807) is 12.1 Å². The highest BCUT2D eigenvalue weighted by Gasteiger charge is 2.31. The Bertz CT molecular complexity index is 1430. The minimum Gasteiger partial charge on any atom is -0.299 e. The van der Waals surface area contributed by atoms with Gasteiger partial charge in [0.15, 0.2) is 0 Å². The van der Waals surface area contributed by atoms with Gasteiger partial charge in [0, 0.05) is 17.7 Å². The van der Waals surface area contributed by atoms with E-state index >= 15 is 0 Å². The summed E-state index contributed by atoms with van der Waals surface area (Å²) in [6, 6.07) is 22.3. The second-order valence-corrected chi connectivity index (χ2v) is 10.4. The monoisotopic (exact) mass is 443 g/mol. The summed E-state index contributed by atoms with van der Waals surface area (Å²) in [6.07, 6.45) is 2.29. The predicted molar refractivity (Wildman–Crippen MR) is 127 cm³/mol. The molecule has 0 radical (unpaired) electrons.